The van der Waals surface area contributed by atoms with Gasteiger partial charge in [-0.2, -0.15) is 0 Å². The normalized spacial score (nSPS) is 9.94. The number of anilines is 1. The van der Waals surface area contributed by atoms with E-state index in [9.17, 15) is 14.9 Å². The van der Waals surface area contributed by atoms with Gasteiger partial charge in [0.2, 0.25) is 0 Å². The second-order valence-corrected chi connectivity index (χ2v) is 3.16. The lowest BCUT2D eigenvalue weighted by Gasteiger charge is -2.06. The lowest BCUT2D eigenvalue weighted by molar-refractivity contribution is -0.384. The molecule has 0 amide bonds. The number of nitro groups is 1. The van der Waals surface area contributed by atoms with E-state index in [4.69, 9.17) is 15.2 Å². The first-order valence-corrected chi connectivity index (χ1v) is 4.76. The Kier molecular flexibility index (Phi) is 4.41. The van der Waals surface area contributed by atoms with Gasteiger partial charge in [0, 0.05) is 24.9 Å². The number of carbonyl (C=O) groups excluding carboxylic acids is 1. The number of hydrogen-bond donors (Lipinski definition) is 1. The Bertz CT molecular complexity index is 433. The number of nitrogens with zero attached hydrogens (tertiary/aromatic N) is 1. The monoisotopic (exact) mass is 240 g/mol. The fourth-order valence-electron chi connectivity index (χ4n) is 1.13. The van der Waals surface area contributed by atoms with E-state index in [-0.39, 0.29) is 30.2 Å². The largest absolute Gasteiger partial charge is 0.460 e. The number of nitrogen functional groups attached to an aromatic ring is 1. The van der Waals surface area contributed by atoms with Crippen LogP contribution in [0.25, 0.3) is 0 Å². The third-order valence-corrected chi connectivity index (χ3v) is 1.99. The highest BCUT2D eigenvalue weighted by Crippen LogP contribution is 2.20. The highest BCUT2D eigenvalue weighted by molar-refractivity contribution is 5.95. The summed E-state index contributed by atoms with van der Waals surface area (Å²) < 4.78 is 9.52. The van der Waals surface area contributed by atoms with E-state index in [1.54, 1.807) is 0 Å². The number of ether oxygens (including phenoxy) is 2. The topological polar surface area (TPSA) is 105 Å². The Hall–Kier alpha value is -2.15. The van der Waals surface area contributed by atoms with Gasteiger partial charge in [-0.25, -0.2) is 4.79 Å². The second kappa shape index (κ2) is 5.80. The fourth-order valence-corrected chi connectivity index (χ4v) is 1.13. The van der Waals surface area contributed by atoms with Crippen molar-refractivity contribution in [1.29, 1.82) is 0 Å². The van der Waals surface area contributed by atoms with Crippen molar-refractivity contribution in [3.8, 4) is 0 Å². The third kappa shape index (κ3) is 3.42. The number of carbonyl (C=O) groups is 1. The molecule has 2 N–H and O–H groups in total. The number of benzene rings is 1. The number of rotatable bonds is 5. The summed E-state index contributed by atoms with van der Waals surface area (Å²) in [5, 5.41) is 10.5. The van der Waals surface area contributed by atoms with Gasteiger partial charge in [-0.1, -0.05) is 0 Å². The van der Waals surface area contributed by atoms with Gasteiger partial charge in [0.15, 0.2) is 0 Å². The van der Waals surface area contributed by atoms with Gasteiger partial charge in [-0.15, -0.1) is 0 Å². The standard InChI is InChI=1S/C10H12N2O5/c1-16-4-5-17-10(13)8-6-7(12(14)15)2-3-9(8)11/h2-3,6H,4-5,11H2,1H3. The summed E-state index contributed by atoms with van der Waals surface area (Å²) in [7, 11) is 1.47. The van der Waals surface area contributed by atoms with Crippen LogP contribution in [0, 0.1) is 10.1 Å². The smallest absolute Gasteiger partial charge is 0.340 e. The van der Waals surface area contributed by atoms with Gasteiger partial charge in [0.1, 0.15) is 6.61 Å². The summed E-state index contributed by atoms with van der Waals surface area (Å²) in [5.74, 6) is -0.705. The van der Waals surface area contributed by atoms with Crippen LogP contribution in [-0.2, 0) is 9.47 Å². The minimum atomic E-state index is -0.705. The third-order valence-electron chi connectivity index (χ3n) is 1.99. The van der Waals surface area contributed by atoms with Crippen LogP contribution in [0.5, 0.6) is 0 Å². The van der Waals surface area contributed by atoms with E-state index in [0.717, 1.165) is 6.07 Å². The lowest BCUT2D eigenvalue weighted by Crippen LogP contribution is -2.12. The van der Waals surface area contributed by atoms with Gasteiger partial charge in [0.05, 0.1) is 17.1 Å². The molecule has 0 aliphatic carbocycles. The summed E-state index contributed by atoms with van der Waals surface area (Å²) in [6, 6.07) is 3.61. The molecule has 0 saturated carbocycles. The highest BCUT2D eigenvalue weighted by atomic mass is 16.6. The quantitative estimate of drug-likeness (QED) is 0.270. The Balaban J connectivity index is 2.84. The van der Waals surface area contributed by atoms with E-state index >= 15 is 0 Å². The van der Waals surface area contributed by atoms with Crippen LogP contribution in [0.3, 0.4) is 0 Å². The summed E-state index contributed by atoms with van der Waals surface area (Å²) in [6.45, 7) is 0.317. The van der Waals surface area contributed by atoms with Gasteiger partial charge in [0.25, 0.3) is 5.69 Å². The Labute approximate surface area is 97.3 Å². The first-order chi connectivity index (χ1) is 8.06. The zero-order valence-electron chi connectivity index (χ0n) is 9.21. The highest BCUT2D eigenvalue weighted by Gasteiger charge is 2.16. The van der Waals surface area contributed by atoms with Gasteiger partial charge in [-0.05, 0) is 6.07 Å². The maximum Gasteiger partial charge on any atom is 0.340 e. The molecule has 0 bridgehead atoms. The van der Waals surface area contributed by atoms with Crippen molar-refractivity contribution >= 4 is 17.3 Å². The molecule has 0 spiro atoms. The van der Waals surface area contributed by atoms with Crippen molar-refractivity contribution in [1.82, 2.24) is 0 Å². The molecule has 1 aromatic carbocycles. The molecule has 0 unspecified atom stereocenters. The minimum absolute atomic E-state index is 0.0182. The van der Waals surface area contributed by atoms with Crippen LogP contribution in [0.4, 0.5) is 11.4 Å². The molecule has 7 heteroatoms. The van der Waals surface area contributed by atoms with E-state index in [1.807, 2.05) is 0 Å². The summed E-state index contributed by atoms with van der Waals surface area (Å²) in [4.78, 5) is 21.5. The Morgan fingerprint density at radius 3 is 2.76 bits per heavy atom. The second-order valence-electron chi connectivity index (χ2n) is 3.16. The van der Waals surface area contributed by atoms with Crippen LogP contribution in [0.1, 0.15) is 10.4 Å². The molecule has 0 fully saturated rings. The zero-order valence-corrected chi connectivity index (χ0v) is 9.21. The molecule has 0 aromatic heterocycles. The number of hydrogen-bond acceptors (Lipinski definition) is 6. The van der Waals surface area contributed by atoms with Gasteiger partial charge < -0.3 is 15.2 Å². The predicted molar refractivity (Wildman–Crippen MR) is 59.7 cm³/mol. The van der Waals surface area contributed by atoms with Gasteiger partial charge >= 0.3 is 5.97 Å². The van der Waals surface area contributed by atoms with E-state index < -0.39 is 10.9 Å². The number of esters is 1. The molecule has 17 heavy (non-hydrogen) atoms. The molecular formula is C10H12N2O5. The molecule has 0 heterocycles. The van der Waals surface area contributed by atoms with Crippen LogP contribution < -0.4 is 5.73 Å². The zero-order chi connectivity index (χ0) is 12.8. The molecular weight excluding hydrogens is 228 g/mol. The van der Waals surface area contributed by atoms with Crippen molar-refractivity contribution in [2.45, 2.75) is 0 Å². The van der Waals surface area contributed by atoms with Crippen LogP contribution in [0.2, 0.25) is 0 Å². The molecule has 1 aromatic rings. The maximum absolute atomic E-state index is 11.5. The first-order valence-electron chi connectivity index (χ1n) is 4.76. The van der Waals surface area contributed by atoms with Crippen LogP contribution >= 0.6 is 0 Å². The predicted octanol–water partition coefficient (Wildman–Crippen LogP) is 0.980. The number of nitro benzene ring substituents is 1. The maximum atomic E-state index is 11.5. The summed E-state index contributed by atoms with van der Waals surface area (Å²) >= 11 is 0. The summed E-state index contributed by atoms with van der Waals surface area (Å²) in [5.41, 5.74) is 5.45. The Morgan fingerprint density at radius 2 is 2.18 bits per heavy atom. The average Bonchev–Trinajstić information content (AvgIpc) is 2.29. The molecule has 1 rings (SSSR count). The molecule has 0 aliphatic rings. The van der Waals surface area contributed by atoms with E-state index in [2.05, 4.69) is 0 Å². The number of nitrogens with two attached hydrogens (primary N) is 1. The minimum Gasteiger partial charge on any atom is -0.460 e. The van der Waals surface area contributed by atoms with Crippen molar-refractivity contribution in [3.63, 3.8) is 0 Å². The molecule has 0 atom stereocenters. The van der Waals surface area contributed by atoms with Crippen LogP contribution in [0.15, 0.2) is 18.2 Å². The first kappa shape index (κ1) is 12.9. The summed E-state index contributed by atoms with van der Waals surface area (Å²) in [6.07, 6.45) is 0. The van der Waals surface area contributed by atoms with Crippen molar-refractivity contribution in [2.75, 3.05) is 26.1 Å². The van der Waals surface area contributed by atoms with Crippen molar-refractivity contribution in [3.05, 3.63) is 33.9 Å². The SMILES string of the molecule is COCCOC(=O)c1cc([N+](=O)[O-])ccc1N. The molecule has 0 saturated heterocycles. The molecule has 0 radical (unpaired) electrons. The van der Waals surface area contributed by atoms with Crippen LogP contribution in [-0.4, -0.2) is 31.2 Å². The molecule has 7 nitrogen and oxygen atoms in total. The fraction of sp³-hybridized carbons (Fsp3) is 0.300. The molecule has 92 valence electrons. The van der Waals surface area contributed by atoms with E-state index in [0.29, 0.717) is 0 Å². The van der Waals surface area contributed by atoms with Gasteiger partial charge in [-0.3, -0.25) is 10.1 Å². The number of non-ortho nitro benzene ring substituents is 1. The Morgan fingerprint density at radius 1 is 1.47 bits per heavy atom. The number of methoxy groups -OCH3 is 1. The van der Waals surface area contributed by atoms with E-state index in [1.165, 1.54) is 19.2 Å². The lowest BCUT2D eigenvalue weighted by atomic mass is 10.1. The molecule has 0 aliphatic heterocycles. The average molecular weight is 240 g/mol. The van der Waals surface area contributed by atoms with Crippen molar-refractivity contribution in [2.24, 2.45) is 0 Å². The van der Waals surface area contributed by atoms with Crippen molar-refractivity contribution < 1.29 is 19.2 Å².